The minimum absolute atomic E-state index is 0.0807. The molecule has 0 aliphatic heterocycles. The molecule has 0 amide bonds. The summed E-state index contributed by atoms with van der Waals surface area (Å²) >= 11 is 0. The number of hydrogen-bond donors (Lipinski definition) is 0. The largest absolute Gasteiger partial charge is 0.469 e. The van der Waals surface area contributed by atoms with Crippen LogP contribution < -0.4 is 0 Å². The van der Waals surface area contributed by atoms with Crippen LogP contribution in [0.4, 0.5) is 0 Å². The quantitative estimate of drug-likeness (QED) is 0.117. The monoisotopic (exact) mass is 384 g/mol. The van der Waals surface area contributed by atoms with Gasteiger partial charge in [-0.05, 0) is 45.3 Å². The summed E-state index contributed by atoms with van der Waals surface area (Å²) in [6.45, 7) is 9.08. The summed E-state index contributed by atoms with van der Waals surface area (Å²) in [5.41, 5.74) is 0. The van der Waals surface area contributed by atoms with Gasteiger partial charge in [-0.2, -0.15) is 0 Å². The van der Waals surface area contributed by atoms with Gasteiger partial charge in [0.05, 0.1) is 13.2 Å². The summed E-state index contributed by atoms with van der Waals surface area (Å²) in [7, 11) is -0.00796. The third-order valence-corrected chi connectivity index (χ3v) is 5.44. The molecule has 0 N–H and O–H groups in total. The third kappa shape index (κ3) is 18.2. The van der Waals surface area contributed by atoms with E-state index in [2.05, 4.69) is 43.5 Å². The first kappa shape index (κ1) is 25.4. The summed E-state index contributed by atoms with van der Waals surface area (Å²) in [4.78, 5) is 11.0. The van der Waals surface area contributed by atoms with Crippen molar-refractivity contribution >= 4 is 14.3 Å². The van der Waals surface area contributed by atoms with Crippen LogP contribution in [-0.4, -0.2) is 27.5 Å². The van der Waals surface area contributed by atoms with Gasteiger partial charge in [0.25, 0.3) is 0 Å². The number of allylic oxidation sites excluding steroid dienone is 1. The van der Waals surface area contributed by atoms with Crippen molar-refractivity contribution in [2.24, 2.45) is 0 Å². The van der Waals surface area contributed by atoms with Gasteiger partial charge >= 0.3 is 5.97 Å². The molecule has 0 aliphatic carbocycles. The molecular weight excluding hydrogens is 340 g/mol. The molecule has 0 radical (unpaired) electrons. The molecule has 0 fully saturated rings. The summed E-state index contributed by atoms with van der Waals surface area (Å²) in [6.07, 6.45) is 20.2. The Labute approximate surface area is 164 Å². The topological polar surface area (TPSA) is 35.5 Å². The molecule has 3 nitrogen and oxygen atoms in total. The Morgan fingerprint density at radius 1 is 0.923 bits per heavy atom. The van der Waals surface area contributed by atoms with Gasteiger partial charge in [0.15, 0.2) is 8.32 Å². The number of unbranched alkanes of at least 4 members (excludes halogenated alkanes) is 9. The van der Waals surface area contributed by atoms with Crippen molar-refractivity contribution in [3.05, 3.63) is 12.2 Å². The van der Waals surface area contributed by atoms with Crippen molar-refractivity contribution in [2.45, 2.75) is 116 Å². The van der Waals surface area contributed by atoms with E-state index in [0.717, 1.165) is 12.8 Å². The lowest BCUT2D eigenvalue weighted by Gasteiger charge is -2.24. The normalized spacial score (nSPS) is 13.3. The predicted octanol–water partition coefficient (Wildman–Crippen LogP) is 7.03. The number of ether oxygens (including phenoxy) is 1. The van der Waals surface area contributed by atoms with E-state index in [0.29, 0.717) is 12.5 Å². The van der Waals surface area contributed by atoms with Gasteiger partial charge in [0.2, 0.25) is 0 Å². The first-order valence-corrected chi connectivity index (χ1v) is 14.2. The Morgan fingerprint density at radius 2 is 1.54 bits per heavy atom. The van der Waals surface area contributed by atoms with E-state index >= 15 is 0 Å². The van der Waals surface area contributed by atoms with Crippen LogP contribution in [0.1, 0.15) is 90.4 Å². The molecule has 1 unspecified atom stereocenters. The summed E-state index contributed by atoms with van der Waals surface area (Å²) < 4.78 is 11.0. The molecule has 0 heterocycles. The third-order valence-electron chi connectivity index (χ3n) is 4.43. The summed E-state index contributed by atoms with van der Waals surface area (Å²) in [5.74, 6) is -0.0807. The highest BCUT2D eigenvalue weighted by Crippen LogP contribution is 2.16. The minimum atomic E-state index is -1.47. The molecule has 0 aromatic rings. The van der Waals surface area contributed by atoms with Crippen LogP contribution >= 0.6 is 0 Å². The molecule has 0 aliphatic rings. The number of hydrogen-bond acceptors (Lipinski definition) is 3. The van der Waals surface area contributed by atoms with Crippen LogP contribution in [0.5, 0.6) is 0 Å². The fourth-order valence-corrected chi connectivity index (χ4v) is 4.11. The van der Waals surface area contributed by atoms with Crippen LogP contribution in [0.25, 0.3) is 0 Å². The average molecular weight is 385 g/mol. The molecule has 0 aromatic carbocycles. The van der Waals surface area contributed by atoms with Gasteiger partial charge < -0.3 is 9.16 Å². The van der Waals surface area contributed by atoms with E-state index in [1.165, 1.54) is 71.3 Å². The van der Waals surface area contributed by atoms with Crippen LogP contribution in [-0.2, 0) is 14.0 Å². The highest BCUT2D eigenvalue weighted by Gasteiger charge is 2.18. The van der Waals surface area contributed by atoms with Crippen molar-refractivity contribution in [1.82, 2.24) is 0 Å². The Balaban J connectivity index is 3.72. The maximum absolute atomic E-state index is 11.0. The molecule has 0 saturated carbocycles. The van der Waals surface area contributed by atoms with Crippen molar-refractivity contribution in [2.75, 3.05) is 7.11 Å². The van der Waals surface area contributed by atoms with Gasteiger partial charge in [-0.1, -0.05) is 70.4 Å². The predicted molar refractivity (Wildman–Crippen MR) is 115 cm³/mol. The fraction of sp³-hybridized carbons (Fsp3) is 0.864. The lowest BCUT2D eigenvalue weighted by atomic mass is 10.1. The number of esters is 1. The first-order valence-electron chi connectivity index (χ1n) is 10.8. The van der Waals surface area contributed by atoms with E-state index in [1.807, 2.05) is 0 Å². The van der Waals surface area contributed by atoms with E-state index in [1.54, 1.807) is 0 Å². The first-order chi connectivity index (χ1) is 12.4. The van der Waals surface area contributed by atoms with Crippen molar-refractivity contribution < 1.29 is 14.0 Å². The molecular formula is C22H44O3Si. The van der Waals surface area contributed by atoms with Crippen LogP contribution in [0.2, 0.25) is 19.6 Å². The number of carbonyl (C=O) groups excluding carboxylic acids is 1. The van der Waals surface area contributed by atoms with E-state index in [4.69, 9.17) is 4.43 Å². The second kappa shape index (κ2) is 16.6. The van der Waals surface area contributed by atoms with E-state index in [9.17, 15) is 4.79 Å². The molecule has 0 rings (SSSR count). The van der Waals surface area contributed by atoms with Crippen molar-refractivity contribution in [3.63, 3.8) is 0 Å². The Hall–Kier alpha value is -0.613. The SMILES string of the molecule is CCCCCC(/C=C/CCCCCCCCCC(=O)OC)O[Si](C)(C)C. The van der Waals surface area contributed by atoms with Crippen LogP contribution in [0.3, 0.4) is 0 Å². The molecule has 0 bridgehead atoms. The molecule has 4 heteroatoms. The maximum atomic E-state index is 11.0. The lowest BCUT2D eigenvalue weighted by molar-refractivity contribution is -0.140. The summed E-state index contributed by atoms with van der Waals surface area (Å²) in [5, 5.41) is 0. The Bertz CT molecular complexity index is 361. The van der Waals surface area contributed by atoms with Crippen molar-refractivity contribution in [1.29, 1.82) is 0 Å². The highest BCUT2D eigenvalue weighted by molar-refractivity contribution is 6.69. The molecule has 0 aromatic heterocycles. The van der Waals surface area contributed by atoms with Gasteiger partial charge in [-0.25, -0.2) is 0 Å². The molecule has 154 valence electrons. The van der Waals surface area contributed by atoms with Gasteiger partial charge in [-0.15, -0.1) is 0 Å². The van der Waals surface area contributed by atoms with E-state index < -0.39 is 8.32 Å². The van der Waals surface area contributed by atoms with Crippen LogP contribution in [0, 0.1) is 0 Å². The zero-order valence-corrected chi connectivity index (χ0v) is 19.1. The number of rotatable bonds is 17. The Morgan fingerprint density at radius 3 is 2.12 bits per heavy atom. The lowest BCUT2D eigenvalue weighted by Crippen LogP contribution is -2.31. The second-order valence-electron chi connectivity index (χ2n) is 8.28. The van der Waals surface area contributed by atoms with E-state index in [-0.39, 0.29) is 5.97 Å². The highest BCUT2D eigenvalue weighted by atomic mass is 28.4. The fourth-order valence-electron chi connectivity index (χ4n) is 3.01. The van der Waals surface area contributed by atoms with Crippen molar-refractivity contribution in [3.8, 4) is 0 Å². The number of methoxy groups -OCH3 is 1. The minimum Gasteiger partial charge on any atom is -0.469 e. The molecule has 26 heavy (non-hydrogen) atoms. The average Bonchev–Trinajstić information content (AvgIpc) is 2.58. The van der Waals surface area contributed by atoms with Gasteiger partial charge in [-0.3, -0.25) is 4.79 Å². The van der Waals surface area contributed by atoms with Gasteiger partial charge in [0, 0.05) is 6.42 Å². The maximum Gasteiger partial charge on any atom is 0.305 e. The van der Waals surface area contributed by atoms with Gasteiger partial charge in [0.1, 0.15) is 0 Å². The molecule has 1 atom stereocenters. The smallest absolute Gasteiger partial charge is 0.305 e. The number of carbonyl (C=O) groups is 1. The molecule has 0 spiro atoms. The zero-order valence-electron chi connectivity index (χ0n) is 18.1. The molecule has 0 saturated heterocycles. The Kier molecular flexibility index (Phi) is 16.2. The standard InChI is InChI=1S/C22H44O3Si/c1-6-7-15-18-21(25-26(3,4)5)19-16-13-11-9-8-10-12-14-17-20-22(23)24-2/h16,19,21H,6-15,17-18,20H2,1-5H3/b19-16+. The zero-order chi connectivity index (χ0) is 19.7. The second-order valence-corrected chi connectivity index (χ2v) is 12.7. The summed E-state index contributed by atoms with van der Waals surface area (Å²) in [6, 6.07) is 0. The van der Waals surface area contributed by atoms with Crippen LogP contribution in [0.15, 0.2) is 12.2 Å².